The van der Waals surface area contributed by atoms with Crippen LogP contribution in [-0.2, 0) is 23.1 Å². The maximum atomic E-state index is 12.6. The quantitative estimate of drug-likeness (QED) is 0.563. The smallest absolute Gasteiger partial charge is 0.251 e. The van der Waals surface area contributed by atoms with Gasteiger partial charge in [-0.1, -0.05) is 30.3 Å². The van der Waals surface area contributed by atoms with Crippen LogP contribution in [0.15, 0.2) is 82.3 Å². The van der Waals surface area contributed by atoms with Gasteiger partial charge < -0.3 is 9.73 Å². The van der Waals surface area contributed by atoms with Crippen molar-refractivity contribution in [1.82, 2.24) is 14.9 Å². The average Bonchev–Trinajstić information content (AvgIpc) is 3.45. The molecule has 0 saturated carbocycles. The standard InChI is InChI=1S/C23H25N3O4S/c27-23(25-20-12-13-26(17-20)16-18-5-2-1-3-6-18)19-8-10-22(11-9-19)31(28,29)24-15-21-7-4-14-30-21/h1-11,14,20,24H,12-13,15-17H2,(H,25,27). The van der Waals surface area contributed by atoms with E-state index < -0.39 is 10.0 Å². The van der Waals surface area contributed by atoms with Crippen molar-refractivity contribution in [3.63, 3.8) is 0 Å². The number of benzene rings is 2. The fourth-order valence-corrected chi connectivity index (χ4v) is 4.65. The maximum absolute atomic E-state index is 12.6. The Labute approximate surface area is 182 Å². The van der Waals surface area contributed by atoms with Crippen LogP contribution >= 0.6 is 0 Å². The first-order chi connectivity index (χ1) is 15.0. The number of carbonyl (C=O) groups is 1. The highest BCUT2D eigenvalue weighted by molar-refractivity contribution is 7.89. The maximum Gasteiger partial charge on any atom is 0.251 e. The Bertz CT molecular complexity index is 1100. The van der Waals surface area contributed by atoms with Gasteiger partial charge >= 0.3 is 0 Å². The van der Waals surface area contributed by atoms with Gasteiger partial charge in [0, 0.05) is 31.2 Å². The van der Waals surface area contributed by atoms with Gasteiger partial charge in [-0.05, 0) is 48.4 Å². The van der Waals surface area contributed by atoms with Crippen molar-refractivity contribution >= 4 is 15.9 Å². The molecule has 4 rings (SSSR count). The van der Waals surface area contributed by atoms with Crippen molar-refractivity contribution in [2.24, 2.45) is 0 Å². The van der Waals surface area contributed by atoms with E-state index in [9.17, 15) is 13.2 Å². The van der Waals surface area contributed by atoms with Crippen molar-refractivity contribution in [2.45, 2.75) is 30.4 Å². The highest BCUT2D eigenvalue weighted by Gasteiger charge is 2.24. The lowest BCUT2D eigenvalue weighted by Crippen LogP contribution is -2.37. The Morgan fingerprint density at radius 1 is 1.03 bits per heavy atom. The SMILES string of the molecule is O=C(NC1CCN(Cc2ccccc2)C1)c1ccc(S(=O)(=O)NCc2ccco2)cc1. The van der Waals surface area contributed by atoms with Crippen LogP contribution in [0.25, 0.3) is 0 Å². The minimum Gasteiger partial charge on any atom is -0.468 e. The first-order valence-corrected chi connectivity index (χ1v) is 11.7. The molecule has 31 heavy (non-hydrogen) atoms. The first-order valence-electron chi connectivity index (χ1n) is 10.2. The topological polar surface area (TPSA) is 91.7 Å². The second-order valence-corrected chi connectivity index (χ2v) is 9.38. The van der Waals surface area contributed by atoms with Gasteiger partial charge in [-0.25, -0.2) is 13.1 Å². The molecule has 1 saturated heterocycles. The molecule has 0 radical (unpaired) electrons. The van der Waals surface area contributed by atoms with Crippen LogP contribution in [0.1, 0.15) is 28.1 Å². The van der Waals surface area contributed by atoms with Crippen LogP contribution in [0.5, 0.6) is 0 Å². The molecule has 0 bridgehead atoms. The van der Waals surface area contributed by atoms with Gasteiger partial charge in [0.05, 0.1) is 17.7 Å². The Morgan fingerprint density at radius 2 is 1.81 bits per heavy atom. The van der Waals surface area contributed by atoms with E-state index in [2.05, 4.69) is 27.1 Å². The number of hydrogen-bond acceptors (Lipinski definition) is 5. The molecule has 1 atom stereocenters. The van der Waals surface area contributed by atoms with Crippen LogP contribution < -0.4 is 10.0 Å². The van der Waals surface area contributed by atoms with Crippen molar-refractivity contribution in [3.05, 3.63) is 89.9 Å². The van der Waals surface area contributed by atoms with Crippen LogP contribution in [0.3, 0.4) is 0 Å². The van der Waals surface area contributed by atoms with Crippen molar-refractivity contribution in [1.29, 1.82) is 0 Å². The van der Waals surface area contributed by atoms with Crippen LogP contribution in [0.4, 0.5) is 0 Å². The highest BCUT2D eigenvalue weighted by Crippen LogP contribution is 2.15. The zero-order valence-electron chi connectivity index (χ0n) is 17.0. The third-order valence-electron chi connectivity index (χ3n) is 5.30. The van der Waals surface area contributed by atoms with Crippen LogP contribution in [0, 0.1) is 0 Å². The van der Waals surface area contributed by atoms with E-state index in [-0.39, 0.29) is 23.4 Å². The van der Waals surface area contributed by atoms with Gasteiger partial charge in [-0.2, -0.15) is 0 Å². The summed E-state index contributed by atoms with van der Waals surface area (Å²) >= 11 is 0. The Hall–Kier alpha value is -2.94. The summed E-state index contributed by atoms with van der Waals surface area (Å²) in [5.74, 6) is 0.330. The molecule has 8 heteroatoms. The summed E-state index contributed by atoms with van der Waals surface area (Å²) in [5.41, 5.74) is 1.69. The fourth-order valence-electron chi connectivity index (χ4n) is 3.65. The molecule has 1 amide bonds. The number of amides is 1. The third-order valence-corrected chi connectivity index (χ3v) is 6.72. The van der Waals surface area contributed by atoms with Gasteiger partial charge in [0.1, 0.15) is 5.76 Å². The molecule has 1 aromatic heterocycles. The van der Waals surface area contributed by atoms with Gasteiger partial charge in [0.2, 0.25) is 10.0 Å². The van der Waals surface area contributed by atoms with Crippen molar-refractivity contribution < 1.29 is 17.6 Å². The normalized spacial score (nSPS) is 17.0. The number of sulfonamides is 1. The van der Waals surface area contributed by atoms with E-state index >= 15 is 0 Å². The minimum absolute atomic E-state index is 0.0682. The molecule has 1 fully saturated rings. The molecule has 2 aromatic carbocycles. The number of nitrogens with one attached hydrogen (secondary N) is 2. The Kier molecular flexibility index (Phi) is 6.50. The monoisotopic (exact) mass is 439 g/mol. The molecule has 2 heterocycles. The summed E-state index contributed by atoms with van der Waals surface area (Å²) < 4.78 is 32.4. The predicted molar refractivity (Wildman–Crippen MR) is 117 cm³/mol. The van der Waals surface area contributed by atoms with E-state index in [1.54, 1.807) is 12.1 Å². The molecular weight excluding hydrogens is 414 g/mol. The number of carbonyl (C=O) groups excluding carboxylic acids is 1. The molecule has 3 aromatic rings. The summed E-state index contributed by atoms with van der Waals surface area (Å²) in [6, 6.07) is 19.7. The van der Waals surface area contributed by atoms with Crippen molar-refractivity contribution in [3.8, 4) is 0 Å². The largest absolute Gasteiger partial charge is 0.468 e. The highest BCUT2D eigenvalue weighted by atomic mass is 32.2. The Balaban J connectivity index is 1.30. The van der Waals surface area contributed by atoms with Crippen molar-refractivity contribution in [2.75, 3.05) is 13.1 Å². The lowest BCUT2D eigenvalue weighted by atomic mass is 10.2. The minimum atomic E-state index is -3.69. The van der Waals surface area contributed by atoms with Gasteiger partial charge in [-0.3, -0.25) is 9.69 Å². The zero-order valence-corrected chi connectivity index (χ0v) is 17.8. The molecule has 0 spiro atoms. The first kappa shape index (κ1) is 21.3. The summed E-state index contributed by atoms with van der Waals surface area (Å²) in [4.78, 5) is 15.0. The lowest BCUT2D eigenvalue weighted by molar-refractivity contribution is 0.0937. The molecule has 7 nitrogen and oxygen atoms in total. The number of rotatable bonds is 8. The third kappa shape index (κ3) is 5.61. The average molecular weight is 440 g/mol. The summed E-state index contributed by atoms with van der Waals surface area (Å²) in [5, 5.41) is 3.05. The molecule has 162 valence electrons. The fraction of sp³-hybridized carbons (Fsp3) is 0.261. The van der Waals surface area contributed by atoms with E-state index in [1.165, 1.54) is 36.1 Å². The van der Waals surface area contributed by atoms with Gasteiger partial charge in [-0.15, -0.1) is 0 Å². The van der Waals surface area contributed by atoms with Gasteiger partial charge in [0.15, 0.2) is 0 Å². The molecule has 1 aliphatic heterocycles. The lowest BCUT2D eigenvalue weighted by Gasteiger charge is -2.17. The van der Waals surface area contributed by atoms with Crippen LogP contribution in [-0.4, -0.2) is 38.4 Å². The van der Waals surface area contributed by atoms with Crippen LogP contribution in [0.2, 0.25) is 0 Å². The number of likely N-dealkylation sites (tertiary alicyclic amines) is 1. The van der Waals surface area contributed by atoms with E-state index in [0.29, 0.717) is 11.3 Å². The second-order valence-electron chi connectivity index (χ2n) is 7.61. The number of furan rings is 1. The Morgan fingerprint density at radius 3 is 2.52 bits per heavy atom. The van der Waals surface area contributed by atoms with E-state index in [1.807, 2.05) is 18.2 Å². The molecule has 1 aliphatic rings. The zero-order chi connectivity index (χ0) is 21.7. The molecule has 1 unspecified atom stereocenters. The summed E-state index contributed by atoms with van der Waals surface area (Å²) in [6.45, 7) is 2.66. The van der Waals surface area contributed by atoms with Gasteiger partial charge in [0.25, 0.3) is 5.91 Å². The molecular formula is C23H25N3O4S. The number of nitrogens with zero attached hydrogens (tertiary/aromatic N) is 1. The summed E-state index contributed by atoms with van der Waals surface area (Å²) in [6.07, 6.45) is 2.38. The summed E-state index contributed by atoms with van der Waals surface area (Å²) in [7, 11) is -3.69. The van der Waals surface area contributed by atoms with E-state index in [4.69, 9.17) is 4.42 Å². The van der Waals surface area contributed by atoms with E-state index in [0.717, 1.165) is 26.1 Å². The second kappa shape index (κ2) is 9.47. The predicted octanol–water partition coefficient (Wildman–Crippen LogP) is 2.76. The molecule has 0 aliphatic carbocycles. The molecule has 2 N–H and O–H groups in total. The number of hydrogen-bond donors (Lipinski definition) is 2.